The van der Waals surface area contributed by atoms with E-state index in [0.29, 0.717) is 12.5 Å². The number of rotatable bonds is 10. The molecule has 0 saturated heterocycles. The van der Waals surface area contributed by atoms with Crippen molar-refractivity contribution in [2.45, 2.75) is 26.4 Å². The molecule has 0 radical (unpaired) electrons. The third-order valence-electron chi connectivity index (χ3n) is 3.95. The van der Waals surface area contributed by atoms with E-state index in [-0.39, 0.29) is 30.2 Å². The molecule has 1 amide bonds. The lowest BCUT2D eigenvalue weighted by atomic mass is 10.1. The highest BCUT2D eigenvalue weighted by Crippen LogP contribution is 2.33. The summed E-state index contributed by atoms with van der Waals surface area (Å²) in [4.78, 5) is 25.7. The maximum absolute atomic E-state index is 12.7. The van der Waals surface area contributed by atoms with Gasteiger partial charge < -0.3 is 19.1 Å². The van der Waals surface area contributed by atoms with Crippen LogP contribution < -0.4 is 9.47 Å². The summed E-state index contributed by atoms with van der Waals surface area (Å²) in [5.74, 6) is -0.528. The van der Waals surface area contributed by atoms with Gasteiger partial charge in [-0.25, -0.2) is 0 Å². The molecule has 1 saturated carbocycles. The number of amides is 1. The van der Waals surface area contributed by atoms with E-state index < -0.39 is 18.5 Å². The average molecular weight is 383 g/mol. The number of hydrogen-bond donors (Lipinski definition) is 0. The van der Waals surface area contributed by atoms with Gasteiger partial charge in [0, 0.05) is 18.2 Å². The molecule has 0 unspecified atom stereocenters. The Morgan fingerprint density at radius 3 is 2.67 bits per heavy atom. The monoisotopic (exact) mass is 383 g/mol. The molecule has 1 aliphatic rings. The Morgan fingerprint density at radius 2 is 2.07 bits per heavy atom. The normalized spacial score (nSPS) is 13.7. The molecule has 27 heavy (non-hydrogen) atoms. The van der Waals surface area contributed by atoms with Crippen molar-refractivity contribution in [3.05, 3.63) is 29.8 Å². The van der Waals surface area contributed by atoms with E-state index in [2.05, 4.69) is 4.74 Å². The molecule has 1 fully saturated rings. The first-order chi connectivity index (χ1) is 12.9. The lowest BCUT2D eigenvalue weighted by Gasteiger charge is -2.20. The fraction of sp³-hybridized carbons (Fsp3) is 0.474. The van der Waals surface area contributed by atoms with E-state index in [1.54, 1.807) is 13.0 Å². The quantitative estimate of drug-likeness (QED) is 0.459. The first-order valence-corrected chi connectivity index (χ1v) is 8.69. The van der Waals surface area contributed by atoms with Gasteiger partial charge in [-0.1, -0.05) is 12.1 Å². The van der Waals surface area contributed by atoms with Crippen molar-refractivity contribution < 1.29 is 32.6 Å². The van der Waals surface area contributed by atoms with Gasteiger partial charge >= 0.3 is 12.6 Å². The van der Waals surface area contributed by atoms with Crippen LogP contribution in [0, 0.1) is 5.92 Å². The fourth-order valence-corrected chi connectivity index (χ4v) is 2.51. The molecule has 8 heteroatoms. The number of alkyl halides is 2. The lowest BCUT2D eigenvalue weighted by Crippen LogP contribution is -2.37. The molecular weight excluding hydrogens is 360 g/mol. The second-order valence-corrected chi connectivity index (χ2v) is 6.06. The van der Waals surface area contributed by atoms with E-state index in [9.17, 15) is 18.4 Å². The number of hydrogen-bond acceptors (Lipinski definition) is 5. The summed E-state index contributed by atoms with van der Waals surface area (Å²) in [6, 6.07) is 4.61. The number of halogens is 2. The van der Waals surface area contributed by atoms with Gasteiger partial charge in [0.2, 0.25) is 5.91 Å². The zero-order chi connectivity index (χ0) is 19.8. The van der Waals surface area contributed by atoms with Gasteiger partial charge in [0.05, 0.1) is 13.7 Å². The van der Waals surface area contributed by atoms with Crippen LogP contribution in [-0.2, 0) is 14.3 Å². The van der Waals surface area contributed by atoms with E-state index >= 15 is 0 Å². The van der Waals surface area contributed by atoms with Crippen LogP contribution >= 0.6 is 0 Å². The van der Waals surface area contributed by atoms with E-state index in [1.165, 1.54) is 36.3 Å². The third-order valence-corrected chi connectivity index (χ3v) is 3.95. The van der Waals surface area contributed by atoms with Crippen LogP contribution in [0.4, 0.5) is 8.78 Å². The molecule has 0 bridgehead atoms. The van der Waals surface area contributed by atoms with Crippen LogP contribution in [0.2, 0.25) is 0 Å². The zero-order valence-electron chi connectivity index (χ0n) is 15.3. The number of methoxy groups -OCH3 is 1. The molecule has 2 rings (SSSR count). The largest absolute Gasteiger partial charge is 0.493 e. The first-order valence-electron chi connectivity index (χ1n) is 8.69. The molecule has 148 valence electrons. The Labute approximate surface area is 156 Å². The molecule has 1 aromatic carbocycles. The minimum Gasteiger partial charge on any atom is -0.493 e. The molecule has 1 aliphatic carbocycles. The predicted octanol–water partition coefficient (Wildman–Crippen LogP) is 3.11. The highest BCUT2D eigenvalue weighted by Gasteiger charge is 2.27. The summed E-state index contributed by atoms with van der Waals surface area (Å²) in [6.45, 7) is -0.789. The number of benzene rings is 1. The van der Waals surface area contributed by atoms with Gasteiger partial charge in [0.1, 0.15) is 6.54 Å². The molecular formula is C19H23F2NO5. The first kappa shape index (κ1) is 20.7. The number of nitrogens with zero attached hydrogens (tertiary/aromatic N) is 1. The Morgan fingerprint density at radius 1 is 1.33 bits per heavy atom. The number of carbonyl (C=O) groups is 2. The molecule has 1 aromatic rings. The lowest BCUT2D eigenvalue weighted by molar-refractivity contribution is -0.147. The molecule has 0 aromatic heterocycles. The van der Waals surface area contributed by atoms with Crippen molar-refractivity contribution in [1.82, 2.24) is 4.90 Å². The van der Waals surface area contributed by atoms with E-state index in [1.807, 2.05) is 0 Å². The average Bonchev–Trinajstić information content (AvgIpc) is 3.43. The molecule has 0 heterocycles. The molecule has 0 spiro atoms. The summed E-state index contributed by atoms with van der Waals surface area (Å²) in [5, 5.41) is 0. The maximum atomic E-state index is 12.7. The summed E-state index contributed by atoms with van der Waals surface area (Å²) < 4.78 is 39.8. The highest BCUT2D eigenvalue weighted by atomic mass is 19.3. The Bertz CT molecular complexity index is 689. The maximum Gasteiger partial charge on any atom is 0.387 e. The van der Waals surface area contributed by atoms with Gasteiger partial charge in [0.25, 0.3) is 0 Å². The molecule has 0 atom stereocenters. The van der Waals surface area contributed by atoms with Crippen molar-refractivity contribution >= 4 is 18.0 Å². The standard InChI is InChI=1S/C19H23F2NO5/c1-3-26-17(24)12-22(11-13-7-8-13)16(23)10-9-14-5-4-6-15(25-2)18(14)27-19(20)21/h4-6,9-10,13,19H,3,7-8,11-12H2,1-2H3/b10-9+. The van der Waals surface area contributed by atoms with Crippen molar-refractivity contribution in [3.63, 3.8) is 0 Å². The van der Waals surface area contributed by atoms with E-state index in [4.69, 9.17) is 9.47 Å². The minimum atomic E-state index is -3.03. The second kappa shape index (κ2) is 9.89. The van der Waals surface area contributed by atoms with Crippen molar-refractivity contribution in [1.29, 1.82) is 0 Å². The zero-order valence-corrected chi connectivity index (χ0v) is 15.3. The topological polar surface area (TPSA) is 65.1 Å². The molecule has 0 aliphatic heterocycles. The van der Waals surface area contributed by atoms with Crippen molar-refractivity contribution in [2.75, 3.05) is 26.8 Å². The summed E-state index contributed by atoms with van der Waals surface area (Å²) in [7, 11) is 1.34. The molecule has 6 nitrogen and oxygen atoms in total. The second-order valence-electron chi connectivity index (χ2n) is 6.06. The number of carbonyl (C=O) groups excluding carboxylic acids is 2. The SMILES string of the molecule is CCOC(=O)CN(CC1CC1)C(=O)/C=C/c1cccc(OC)c1OC(F)F. The van der Waals surface area contributed by atoms with Gasteiger partial charge in [-0.15, -0.1) is 0 Å². The van der Waals surface area contributed by atoms with Crippen LogP contribution in [0.3, 0.4) is 0 Å². The summed E-state index contributed by atoms with van der Waals surface area (Å²) in [6.07, 6.45) is 4.62. The number of para-hydroxylation sites is 1. The van der Waals surface area contributed by atoms with Crippen LogP contribution in [-0.4, -0.2) is 50.2 Å². The Balaban J connectivity index is 2.15. The highest BCUT2D eigenvalue weighted by molar-refractivity contribution is 5.94. The fourth-order valence-electron chi connectivity index (χ4n) is 2.51. The van der Waals surface area contributed by atoms with Crippen LogP contribution in [0.5, 0.6) is 11.5 Å². The summed E-state index contributed by atoms with van der Waals surface area (Å²) >= 11 is 0. The van der Waals surface area contributed by atoms with Gasteiger partial charge in [-0.3, -0.25) is 9.59 Å². The van der Waals surface area contributed by atoms with Crippen molar-refractivity contribution in [3.8, 4) is 11.5 Å². The van der Waals surface area contributed by atoms with Gasteiger partial charge in [-0.2, -0.15) is 8.78 Å². The summed E-state index contributed by atoms with van der Waals surface area (Å²) in [5.41, 5.74) is 0.269. The van der Waals surface area contributed by atoms with E-state index in [0.717, 1.165) is 12.8 Å². The van der Waals surface area contributed by atoms with Crippen LogP contribution in [0.1, 0.15) is 25.3 Å². The number of ether oxygens (including phenoxy) is 3. The molecule has 0 N–H and O–H groups in total. The van der Waals surface area contributed by atoms with Crippen LogP contribution in [0.25, 0.3) is 6.08 Å². The Kier molecular flexibility index (Phi) is 7.57. The smallest absolute Gasteiger partial charge is 0.387 e. The van der Waals surface area contributed by atoms with Gasteiger partial charge in [0.15, 0.2) is 11.5 Å². The predicted molar refractivity (Wildman–Crippen MR) is 94.6 cm³/mol. The minimum absolute atomic E-state index is 0.131. The third kappa shape index (κ3) is 6.54. The van der Waals surface area contributed by atoms with Gasteiger partial charge in [-0.05, 0) is 37.8 Å². The Hall–Kier alpha value is -2.64. The van der Waals surface area contributed by atoms with Crippen molar-refractivity contribution in [2.24, 2.45) is 5.92 Å². The van der Waals surface area contributed by atoms with Crippen LogP contribution in [0.15, 0.2) is 24.3 Å². The number of esters is 1.